The Labute approximate surface area is 152 Å². The molecule has 0 radical (unpaired) electrons. The standard InChI is InChI=1S/C14H20N4O5S.ClH/c1-10(15)14(19)17-7-5-16(6-8-17)12-4-3-11(24(2,22)23)9-13(12)18(20)21;/h3-4,9-10H,5-8,15H2,1-2H3;1H. The first-order chi connectivity index (χ1) is 11.1. The van der Waals surface area contributed by atoms with E-state index in [0.717, 1.165) is 12.3 Å². The second-order valence-electron chi connectivity index (χ2n) is 5.78. The van der Waals surface area contributed by atoms with Gasteiger partial charge >= 0.3 is 0 Å². The highest BCUT2D eigenvalue weighted by Crippen LogP contribution is 2.31. The number of nitro benzene ring substituents is 1. The molecule has 0 bridgehead atoms. The van der Waals surface area contributed by atoms with E-state index in [0.29, 0.717) is 31.9 Å². The van der Waals surface area contributed by atoms with Gasteiger partial charge in [-0.25, -0.2) is 8.42 Å². The molecule has 2 rings (SSSR count). The summed E-state index contributed by atoms with van der Waals surface area (Å²) in [6, 6.07) is 3.29. The molecule has 140 valence electrons. The number of halogens is 1. The first-order valence-electron chi connectivity index (χ1n) is 7.39. The van der Waals surface area contributed by atoms with Crippen LogP contribution in [0.15, 0.2) is 23.1 Å². The van der Waals surface area contributed by atoms with Crippen LogP contribution in [0.3, 0.4) is 0 Å². The molecule has 2 N–H and O–H groups in total. The van der Waals surface area contributed by atoms with Crippen molar-refractivity contribution >= 4 is 39.5 Å². The van der Waals surface area contributed by atoms with Gasteiger partial charge < -0.3 is 15.5 Å². The van der Waals surface area contributed by atoms with Gasteiger partial charge in [0.25, 0.3) is 5.69 Å². The van der Waals surface area contributed by atoms with Gasteiger partial charge in [-0.3, -0.25) is 14.9 Å². The summed E-state index contributed by atoms with van der Waals surface area (Å²) in [7, 11) is -3.53. The number of hydrogen-bond acceptors (Lipinski definition) is 7. The molecule has 0 spiro atoms. The number of rotatable bonds is 4. The van der Waals surface area contributed by atoms with Crippen molar-refractivity contribution in [1.82, 2.24) is 4.90 Å². The van der Waals surface area contributed by atoms with Gasteiger partial charge in [-0.1, -0.05) is 0 Å². The van der Waals surface area contributed by atoms with E-state index < -0.39 is 20.8 Å². The van der Waals surface area contributed by atoms with Gasteiger partial charge in [0, 0.05) is 38.5 Å². The monoisotopic (exact) mass is 392 g/mol. The summed E-state index contributed by atoms with van der Waals surface area (Å²) in [6.45, 7) is 3.26. The minimum atomic E-state index is -3.53. The number of carbonyl (C=O) groups excluding carboxylic acids is 1. The van der Waals surface area contributed by atoms with Crippen molar-refractivity contribution in [2.45, 2.75) is 17.9 Å². The quantitative estimate of drug-likeness (QED) is 0.580. The Kier molecular flexibility index (Phi) is 6.75. The molecular formula is C14H21ClN4O5S. The highest BCUT2D eigenvalue weighted by molar-refractivity contribution is 7.90. The highest BCUT2D eigenvalue weighted by atomic mass is 35.5. The Morgan fingerprint density at radius 1 is 1.28 bits per heavy atom. The van der Waals surface area contributed by atoms with Crippen molar-refractivity contribution in [3.05, 3.63) is 28.3 Å². The number of sulfone groups is 1. The average Bonchev–Trinajstić information content (AvgIpc) is 2.52. The van der Waals surface area contributed by atoms with Crippen LogP contribution in [0.1, 0.15) is 6.92 Å². The summed E-state index contributed by atoms with van der Waals surface area (Å²) in [4.78, 5) is 25.9. The molecule has 1 aliphatic rings. The van der Waals surface area contributed by atoms with Crippen molar-refractivity contribution in [3.63, 3.8) is 0 Å². The predicted molar refractivity (Wildman–Crippen MR) is 95.9 cm³/mol. The van der Waals surface area contributed by atoms with Crippen LogP contribution in [0.5, 0.6) is 0 Å². The van der Waals surface area contributed by atoms with Crippen LogP contribution in [-0.4, -0.2) is 62.6 Å². The number of nitrogens with zero attached hydrogens (tertiary/aromatic N) is 3. The Morgan fingerprint density at radius 3 is 2.28 bits per heavy atom. The molecule has 1 aliphatic heterocycles. The van der Waals surface area contributed by atoms with Crippen LogP contribution in [0.25, 0.3) is 0 Å². The van der Waals surface area contributed by atoms with E-state index in [-0.39, 0.29) is 28.9 Å². The summed E-state index contributed by atoms with van der Waals surface area (Å²) in [6.07, 6.45) is 1.00. The molecule has 1 aromatic carbocycles. The lowest BCUT2D eigenvalue weighted by Gasteiger charge is -2.36. The molecule has 1 aromatic rings. The summed E-state index contributed by atoms with van der Waals surface area (Å²) in [5.41, 5.74) is 5.67. The lowest BCUT2D eigenvalue weighted by Crippen LogP contribution is -2.52. The zero-order valence-corrected chi connectivity index (χ0v) is 15.5. The van der Waals surface area contributed by atoms with E-state index in [2.05, 4.69) is 0 Å². The van der Waals surface area contributed by atoms with Gasteiger partial charge in [0.05, 0.1) is 15.9 Å². The Balaban J connectivity index is 0.00000312. The van der Waals surface area contributed by atoms with Crippen LogP contribution in [0.4, 0.5) is 11.4 Å². The third kappa shape index (κ3) is 4.80. The van der Waals surface area contributed by atoms with E-state index in [1.165, 1.54) is 12.1 Å². The van der Waals surface area contributed by atoms with Crippen LogP contribution in [0, 0.1) is 10.1 Å². The van der Waals surface area contributed by atoms with Gasteiger partial charge in [0.15, 0.2) is 9.84 Å². The third-order valence-electron chi connectivity index (χ3n) is 3.89. The smallest absolute Gasteiger partial charge is 0.293 e. The zero-order valence-electron chi connectivity index (χ0n) is 13.9. The van der Waals surface area contributed by atoms with E-state index in [4.69, 9.17) is 5.73 Å². The number of anilines is 1. The van der Waals surface area contributed by atoms with E-state index >= 15 is 0 Å². The van der Waals surface area contributed by atoms with Gasteiger partial charge in [-0.05, 0) is 19.1 Å². The fourth-order valence-corrected chi connectivity index (χ4v) is 3.24. The van der Waals surface area contributed by atoms with Crippen molar-refractivity contribution in [2.24, 2.45) is 5.73 Å². The largest absolute Gasteiger partial charge is 0.362 e. The molecule has 1 fully saturated rings. The molecule has 1 amide bonds. The topological polar surface area (TPSA) is 127 Å². The second-order valence-corrected chi connectivity index (χ2v) is 7.80. The summed E-state index contributed by atoms with van der Waals surface area (Å²) in [5.74, 6) is -0.156. The maximum Gasteiger partial charge on any atom is 0.293 e. The summed E-state index contributed by atoms with van der Waals surface area (Å²) in [5, 5.41) is 11.3. The van der Waals surface area contributed by atoms with Gasteiger partial charge in [-0.2, -0.15) is 0 Å². The molecular weight excluding hydrogens is 372 g/mol. The zero-order chi connectivity index (χ0) is 18.1. The number of benzene rings is 1. The molecule has 9 nitrogen and oxygen atoms in total. The highest BCUT2D eigenvalue weighted by Gasteiger charge is 2.27. The molecule has 1 unspecified atom stereocenters. The second kappa shape index (κ2) is 7.98. The number of piperazine rings is 1. The molecule has 1 heterocycles. The lowest BCUT2D eigenvalue weighted by molar-refractivity contribution is -0.384. The fraction of sp³-hybridized carbons (Fsp3) is 0.500. The molecule has 11 heteroatoms. The Morgan fingerprint density at radius 2 is 1.84 bits per heavy atom. The number of nitrogens with two attached hydrogens (primary N) is 1. The van der Waals surface area contributed by atoms with Gasteiger partial charge in [-0.15, -0.1) is 12.4 Å². The minimum absolute atomic E-state index is 0. The average molecular weight is 393 g/mol. The predicted octanol–water partition coefficient (Wildman–Crippen LogP) is 0.416. The first-order valence-corrected chi connectivity index (χ1v) is 9.28. The number of hydrogen-bond donors (Lipinski definition) is 1. The maximum absolute atomic E-state index is 11.9. The van der Waals surface area contributed by atoms with Crippen LogP contribution >= 0.6 is 12.4 Å². The summed E-state index contributed by atoms with van der Waals surface area (Å²) < 4.78 is 23.2. The molecule has 1 atom stereocenters. The Hall–Kier alpha value is -1.91. The first kappa shape index (κ1) is 21.1. The van der Waals surface area contributed by atoms with Crippen LogP contribution in [0.2, 0.25) is 0 Å². The van der Waals surface area contributed by atoms with Crippen LogP contribution < -0.4 is 10.6 Å². The van der Waals surface area contributed by atoms with E-state index in [1.54, 1.807) is 16.7 Å². The molecule has 25 heavy (non-hydrogen) atoms. The van der Waals surface area contributed by atoms with E-state index in [1.807, 2.05) is 0 Å². The SMILES string of the molecule is CC(N)C(=O)N1CCN(c2ccc(S(C)(=O)=O)cc2[N+](=O)[O-])CC1.Cl. The number of nitro groups is 1. The van der Waals surface area contributed by atoms with Crippen molar-refractivity contribution in [2.75, 3.05) is 37.3 Å². The third-order valence-corrected chi connectivity index (χ3v) is 5.00. The van der Waals surface area contributed by atoms with Crippen molar-refractivity contribution in [1.29, 1.82) is 0 Å². The van der Waals surface area contributed by atoms with Gasteiger partial charge in [0.1, 0.15) is 5.69 Å². The molecule has 0 aromatic heterocycles. The maximum atomic E-state index is 11.9. The summed E-state index contributed by atoms with van der Waals surface area (Å²) >= 11 is 0. The van der Waals surface area contributed by atoms with Crippen LogP contribution in [-0.2, 0) is 14.6 Å². The Bertz CT molecular complexity index is 760. The van der Waals surface area contributed by atoms with Crippen molar-refractivity contribution in [3.8, 4) is 0 Å². The number of carbonyl (C=O) groups is 1. The fourth-order valence-electron chi connectivity index (χ4n) is 2.60. The van der Waals surface area contributed by atoms with Crippen molar-refractivity contribution < 1.29 is 18.1 Å². The van der Waals surface area contributed by atoms with E-state index in [9.17, 15) is 23.3 Å². The minimum Gasteiger partial charge on any atom is -0.362 e. The molecule has 0 saturated carbocycles. The number of amides is 1. The van der Waals surface area contributed by atoms with Gasteiger partial charge in [0.2, 0.25) is 5.91 Å². The lowest BCUT2D eigenvalue weighted by atomic mass is 10.2. The molecule has 0 aliphatic carbocycles. The normalized spacial score (nSPS) is 16.1. The molecule has 1 saturated heterocycles.